The molecule has 1 aliphatic rings. The first-order chi connectivity index (χ1) is 4.24. The molecule has 0 saturated carbocycles. The van der Waals surface area contributed by atoms with E-state index in [-0.39, 0.29) is 18.8 Å². The van der Waals surface area contributed by atoms with Crippen LogP contribution in [0.2, 0.25) is 0 Å². The highest BCUT2D eigenvalue weighted by atomic mass is 16.6. The van der Waals surface area contributed by atoms with Gasteiger partial charge in [0.25, 0.3) is 0 Å². The highest BCUT2D eigenvalue weighted by molar-refractivity contribution is 5.70. The zero-order valence-electron chi connectivity index (χ0n) is 5.13. The molecule has 1 aliphatic heterocycles. The van der Waals surface area contributed by atoms with Gasteiger partial charge in [-0.3, -0.25) is 0 Å². The van der Waals surface area contributed by atoms with Gasteiger partial charge in [0.1, 0.15) is 6.10 Å². The van der Waals surface area contributed by atoms with Gasteiger partial charge in [0.15, 0.2) is 0 Å². The number of hydrogen-bond donors (Lipinski definition) is 2. The van der Waals surface area contributed by atoms with E-state index in [0.29, 0.717) is 0 Å². The first-order valence-electron chi connectivity index (χ1n) is 2.82. The predicted octanol–water partition coefficient (Wildman–Crippen LogP) is -0.524. The number of aliphatic hydroxyl groups is 1. The highest BCUT2D eigenvalue weighted by Crippen LogP contribution is 2.05. The lowest BCUT2D eigenvalue weighted by Crippen LogP contribution is -2.33. The van der Waals surface area contributed by atoms with Crippen LogP contribution >= 0.6 is 0 Å². The van der Waals surface area contributed by atoms with E-state index in [4.69, 9.17) is 5.11 Å². The number of carbonyl (C=O) groups is 1. The fourth-order valence-corrected chi connectivity index (χ4v) is 0.748. The van der Waals surface area contributed by atoms with Gasteiger partial charge in [-0.05, 0) is 6.92 Å². The lowest BCUT2D eigenvalue weighted by molar-refractivity contribution is 0.129. The van der Waals surface area contributed by atoms with Crippen LogP contribution in [0.3, 0.4) is 0 Å². The molecular formula is C5H9NO3. The number of carbonyl (C=O) groups excluding carboxylic acids is 1. The summed E-state index contributed by atoms with van der Waals surface area (Å²) in [5.41, 5.74) is 0. The van der Waals surface area contributed by atoms with E-state index in [9.17, 15) is 4.79 Å². The summed E-state index contributed by atoms with van der Waals surface area (Å²) in [6, 6.07) is -0.225. The minimum atomic E-state index is -0.443. The summed E-state index contributed by atoms with van der Waals surface area (Å²) >= 11 is 0. The number of amides is 1. The number of hydrogen-bond acceptors (Lipinski definition) is 3. The summed E-state index contributed by atoms with van der Waals surface area (Å²) in [5, 5.41) is 11.0. The molecule has 0 radical (unpaired) electrons. The number of aliphatic hydroxyl groups excluding tert-OH is 1. The second-order valence-corrected chi connectivity index (χ2v) is 2.04. The Morgan fingerprint density at radius 2 is 2.56 bits per heavy atom. The van der Waals surface area contributed by atoms with E-state index in [1.807, 2.05) is 0 Å². The Labute approximate surface area is 52.8 Å². The van der Waals surface area contributed by atoms with E-state index >= 15 is 0 Å². The maximum atomic E-state index is 10.4. The van der Waals surface area contributed by atoms with Gasteiger partial charge in [-0.25, -0.2) is 4.79 Å². The van der Waals surface area contributed by atoms with Crippen LogP contribution in [-0.2, 0) is 4.74 Å². The van der Waals surface area contributed by atoms with Crippen LogP contribution in [0.1, 0.15) is 6.92 Å². The molecule has 4 heteroatoms. The molecule has 0 unspecified atom stereocenters. The van der Waals surface area contributed by atoms with E-state index < -0.39 is 6.09 Å². The van der Waals surface area contributed by atoms with Crippen molar-refractivity contribution in [3.8, 4) is 0 Å². The van der Waals surface area contributed by atoms with Crippen molar-refractivity contribution < 1.29 is 14.6 Å². The van der Waals surface area contributed by atoms with Crippen LogP contribution in [-0.4, -0.2) is 30.0 Å². The molecule has 9 heavy (non-hydrogen) atoms. The van der Waals surface area contributed by atoms with Gasteiger partial charge in [0, 0.05) is 0 Å². The van der Waals surface area contributed by atoms with Gasteiger partial charge in [-0.1, -0.05) is 0 Å². The van der Waals surface area contributed by atoms with Crippen molar-refractivity contribution in [3.63, 3.8) is 0 Å². The molecule has 1 saturated heterocycles. The van der Waals surface area contributed by atoms with Crippen molar-refractivity contribution in [2.75, 3.05) is 6.61 Å². The summed E-state index contributed by atoms with van der Waals surface area (Å²) in [4.78, 5) is 10.4. The lowest BCUT2D eigenvalue weighted by Gasteiger charge is -2.06. The summed E-state index contributed by atoms with van der Waals surface area (Å²) < 4.78 is 4.65. The Morgan fingerprint density at radius 1 is 1.89 bits per heavy atom. The molecule has 0 bridgehead atoms. The molecule has 2 atom stereocenters. The fraction of sp³-hybridized carbons (Fsp3) is 0.800. The van der Waals surface area contributed by atoms with E-state index in [0.717, 1.165) is 0 Å². The minimum Gasteiger partial charge on any atom is -0.444 e. The summed E-state index contributed by atoms with van der Waals surface area (Å²) in [6.45, 7) is 1.67. The maximum absolute atomic E-state index is 10.4. The van der Waals surface area contributed by atoms with E-state index in [2.05, 4.69) is 10.1 Å². The van der Waals surface area contributed by atoms with Crippen LogP contribution < -0.4 is 5.32 Å². The smallest absolute Gasteiger partial charge is 0.407 e. The molecule has 0 aromatic heterocycles. The van der Waals surface area contributed by atoms with Crippen LogP contribution in [0.15, 0.2) is 0 Å². The maximum Gasteiger partial charge on any atom is 0.407 e. The zero-order chi connectivity index (χ0) is 6.85. The molecule has 0 aliphatic carbocycles. The summed E-state index contributed by atoms with van der Waals surface area (Å²) in [5.74, 6) is 0. The molecular weight excluding hydrogens is 122 g/mol. The SMILES string of the molecule is C[C@@H]1OC(=O)N[C@H]1CO. The van der Waals surface area contributed by atoms with E-state index in [1.54, 1.807) is 6.92 Å². The van der Waals surface area contributed by atoms with Gasteiger partial charge >= 0.3 is 6.09 Å². The summed E-state index contributed by atoms with van der Waals surface area (Å²) in [7, 11) is 0. The highest BCUT2D eigenvalue weighted by Gasteiger charge is 2.29. The van der Waals surface area contributed by atoms with Gasteiger partial charge < -0.3 is 15.2 Å². The van der Waals surface area contributed by atoms with Gasteiger partial charge in [-0.15, -0.1) is 0 Å². The third kappa shape index (κ3) is 1.13. The number of alkyl carbamates (subject to hydrolysis) is 1. The molecule has 2 N–H and O–H groups in total. The number of nitrogens with one attached hydrogen (secondary N) is 1. The van der Waals surface area contributed by atoms with Crippen LogP contribution in [0, 0.1) is 0 Å². The molecule has 1 fully saturated rings. The number of rotatable bonds is 1. The quantitative estimate of drug-likeness (QED) is 0.503. The van der Waals surface area contributed by atoms with Crippen LogP contribution in [0.4, 0.5) is 4.79 Å². The first kappa shape index (κ1) is 6.35. The van der Waals surface area contributed by atoms with Crippen molar-refractivity contribution >= 4 is 6.09 Å². The molecule has 52 valence electrons. The second-order valence-electron chi connectivity index (χ2n) is 2.04. The topological polar surface area (TPSA) is 58.6 Å². The monoisotopic (exact) mass is 131 g/mol. The van der Waals surface area contributed by atoms with Gasteiger partial charge in [0.2, 0.25) is 0 Å². The van der Waals surface area contributed by atoms with Gasteiger partial charge in [0.05, 0.1) is 12.6 Å². The normalized spacial score (nSPS) is 33.8. The Bertz CT molecular complexity index is 125. The molecule has 1 rings (SSSR count). The van der Waals surface area contributed by atoms with Crippen molar-refractivity contribution in [2.45, 2.75) is 19.1 Å². The predicted molar refractivity (Wildman–Crippen MR) is 30.0 cm³/mol. The number of cyclic esters (lactones) is 1. The second kappa shape index (κ2) is 2.23. The van der Waals surface area contributed by atoms with Crippen molar-refractivity contribution in [1.82, 2.24) is 5.32 Å². The minimum absolute atomic E-state index is 0.0626. The average Bonchev–Trinajstić information content (AvgIpc) is 2.10. The molecule has 0 spiro atoms. The molecule has 4 nitrogen and oxygen atoms in total. The van der Waals surface area contributed by atoms with Crippen molar-refractivity contribution in [1.29, 1.82) is 0 Å². The lowest BCUT2D eigenvalue weighted by atomic mass is 10.2. The third-order valence-corrected chi connectivity index (χ3v) is 1.36. The Kier molecular flexibility index (Phi) is 1.57. The third-order valence-electron chi connectivity index (χ3n) is 1.36. The molecule has 1 amide bonds. The standard InChI is InChI=1S/C5H9NO3/c1-3-4(2-7)6-5(8)9-3/h3-4,7H,2H2,1H3,(H,6,8)/t3-,4-/m0/s1. The molecule has 0 aromatic carbocycles. The Morgan fingerprint density at radius 3 is 2.78 bits per heavy atom. The number of ether oxygens (including phenoxy) is 1. The Hall–Kier alpha value is -0.770. The first-order valence-corrected chi connectivity index (χ1v) is 2.82. The summed E-state index contributed by atoms with van der Waals surface area (Å²) in [6.07, 6.45) is -0.649. The van der Waals surface area contributed by atoms with Crippen molar-refractivity contribution in [3.05, 3.63) is 0 Å². The largest absolute Gasteiger partial charge is 0.444 e. The zero-order valence-corrected chi connectivity index (χ0v) is 5.13. The average molecular weight is 131 g/mol. The van der Waals surface area contributed by atoms with Crippen LogP contribution in [0.25, 0.3) is 0 Å². The Balaban J connectivity index is 2.47. The molecule has 0 aromatic rings. The van der Waals surface area contributed by atoms with Crippen molar-refractivity contribution in [2.24, 2.45) is 0 Å². The van der Waals surface area contributed by atoms with Gasteiger partial charge in [-0.2, -0.15) is 0 Å². The fourth-order valence-electron chi connectivity index (χ4n) is 0.748. The van der Waals surface area contributed by atoms with Crippen LogP contribution in [0.5, 0.6) is 0 Å². The van der Waals surface area contributed by atoms with E-state index in [1.165, 1.54) is 0 Å². The molecule has 1 heterocycles.